The van der Waals surface area contributed by atoms with E-state index in [0.29, 0.717) is 5.69 Å². The highest BCUT2D eigenvalue weighted by atomic mass is 16.6. The molecule has 1 aromatic carbocycles. The Bertz CT molecular complexity index is 615. The van der Waals surface area contributed by atoms with E-state index in [2.05, 4.69) is 5.10 Å². The van der Waals surface area contributed by atoms with Crippen molar-refractivity contribution >= 4 is 11.7 Å². The van der Waals surface area contributed by atoms with Crippen LogP contribution in [0.4, 0.5) is 5.69 Å². The van der Waals surface area contributed by atoms with Gasteiger partial charge in [-0.05, 0) is 43.2 Å². The molecule has 1 aliphatic heterocycles. The van der Waals surface area contributed by atoms with Crippen LogP contribution in [-0.2, 0) is 9.47 Å². The molecule has 6 nitrogen and oxygen atoms in total. The van der Waals surface area contributed by atoms with Crippen LogP contribution in [0, 0.1) is 0 Å². The van der Waals surface area contributed by atoms with E-state index in [-0.39, 0.29) is 18.4 Å². The second kappa shape index (κ2) is 5.97. The summed E-state index contributed by atoms with van der Waals surface area (Å²) in [7, 11) is 0. The van der Waals surface area contributed by atoms with Gasteiger partial charge in [0.1, 0.15) is 6.61 Å². The number of ether oxygens (including phenoxy) is 2. The van der Waals surface area contributed by atoms with Crippen LogP contribution in [0.3, 0.4) is 0 Å². The maximum atomic E-state index is 11.9. The van der Waals surface area contributed by atoms with Crippen molar-refractivity contribution in [2.45, 2.75) is 18.9 Å². The average molecular weight is 287 g/mol. The molecule has 21 heavy (non-hydrogen) atoms. The van der Waals surface area contributed by atoms with Crippen molar-refractivity contribution in [3.8, 4) is 5.69 Å². The van der Waals surface area contributed by atoms with Gasteiger partial charge in [-0.3, -0.25) is 0 Å². The van der Waals surface area contributed by atoms with Crippen molar-refractivity contribution in [3.05, 3.63) is 42.2 Å². The molecule has 1 atom stereocenters. The van der Waals surface area contributed by atoms with Crippen LogP contribution in [0.5, 0.6) is 0 Å². The Labute approximate surface area is 122 Å². The zero-order chi connectivity index (χ0) is 14.7. The summed E-state index contributed by atoms with van der Waals surface area (Å²) in [5.74, 6) is -0.431. The van der Waals surface area contributed by atoms with E-state index in [4.69, 9.17) is 15.2 Å². The van der Waals surface area contributed by atoms with Crippen molar-refractivity contribution in [2.24, 2.45) is 0 Å². The van der Waals surface area contributed by atoms with E-state index >= 15 is 0 Å². The lowest BCUT2D eigenvalue weighted by Gasteiger charge is -2.08. The van der Waals surface area contributed by atoms with E-state index in [1.807, 2.05) is 12.1 Å². The monoisotopic (exact) mass is 287 g/mol. The lowest BCUT2D eigenvalue weighted by atomic mass is 10.2. The highest BCUT2D eigenvalue weighted by Crippen LogP contribution is 2.14. The number of nitrogens with zero attached hydrogens (tertiary/aromatic N) is 2. The Hall–Kier alpha value is -2.34. The number of carbonyl (C=O) groups is 1. The second-order valence-corrected chi connectivity index (χ2v) is 4.97. The Morgan fingerprint density at radius 2 is 2.19 bits per heavy atom. The van der Waals surface area contributed by atoms with Crippen molar-refractivity contribution in [3.63, 3.8) is 0 Å². The fourth-order valence-electron chi connectivity index (χ4n) is 2.22. The SMILES string of the molecule is Nc1ccc(-n2ccc(C(=O)OCC3CCCO3)n2)cc1. The number of rotatable bonds is 4. The van der Waals surface area contributed by atoms with E-state index in [0.717, 1.165) is 25.1 Å². The van der Waals surface area contributed by atoms with Crippen LogP contribution < -0.4 is 5.73 Å². The minimum absolute atomic E-state index is 0.0214. The first-order valence-corrected chi connectivity index (χ1v) is 6.93. The zero-order valence-corrected chi connectivity index (χ0v) is 11.6. The van der Waals surface area contributed by atoms with Gasteiger partial charge in [0.05, 0.1) is 11.8 Å². The Balaban J connectivity index is 1.63. The van der Waals surface area contributed by atoms with E-state index in [1.54, 1.807) is 29.1 Å². The molecule has 0 amide bonds. The molecule has 6 heteroatoms. The molecule has 3 rings (SSSR count). The first kappa shape index (κ1) is 13.6. The number of benzene rings is 1. The molecular formula is C15H17N3O3. The molecule has 0 aliphatic carbocycles. The summed E-state index contributed by atoms with van der Waals surface area (Å²) in [4.78, 5) is 11.9. The molecule has 0 saturated carbocycles. The summed E-state index contributed by atoms with van der Waals surface area (Å²) < 4.78 is 12.2. The average Bonchev–Trinajstić information content (AvgIpc) is 3.17. The van der Waals surface area contributed by atoms with Crippen molar-refractivity contribution in [1.29, 1.82) is 0 Å². The molecule has 1 unspecified atom stereocenters. The molecule has 1 fully saturated rings. The van der Waals surface area contributed by atoms with Crippen LogP contribution >= 0.6 is 0 Å². The number of hydrogen-bond donors (Lipinski definition) is 1. The van der Waals surface area contributed by atoms with E-state index in [9.17, 15) is 4.79 Å². The third kappa shape index (κ3) is 3.22. The second-order valence-electron chi connectivity index (χ2n) is 4.97. The smallest absolute Gasteiger partial charge is 0.358 e. The third-order valence-corrected chi connectivity index (χ3v) is 3.38. The highest BCUT2D eigenvalue weighted by molar-refractivity contribution is 5.87. The number of nitrogen functional groups attached to an aromatic ring is 1. The molecule has 1 saturated heterocycles. The third-order valence-electron chi connectivity index (χ3n) is 3.38. The van der Waals surface area contributed by atoms with Crippen LogP contribution in [0.1, 0.15) is 23.3 Å². The van der Waals surface area contributed by atoms with E-state index < -0.39 is 5.97 Å². The maximum absolute atomic E-state index is 11.9. The van der Waals surface area contributed by atoms with Crippen LogP contribution in [0.15, 0.2) is 36.5 Å². The Kier molecular flexibility index (Phi) is 3.87. The lowest BCUT2D eigenvalue weighted by Crippen LogP contribution is -2.18. The van der Waals surface area contributed by atoms with Gasteiger partial charge in [-0.2, -0.15) is 5.10 Å². The van der Waals surface area contributed by atoms with Gasteiger partial charge in [0.25, 0.3) is 0 Å². The van der Waals surface area contributed by atoms with Gasteiger partial charge in [-0.25, -0.2) is 9.48 Å². The summed E-state index contributed by atoms with van der Waals surface area (Å²) in [6.45, 7) is 1.03. The standard InChI is InChI=1S/C15H17N3O3/c16-11-3-5-12(6-4-11)18-8-7-14(17-18)15(19)21-10-13-2-1-9-20-13/h3-8,13H,1-2,9-10,16H2. The van der Waals surface area contributed by atoms with Crippen LogP contribution in [-0.4, -0.2) is 35.1 Å². The number of hydrogen-bond acceptors (Lipinski definition) is 5. The molecule has 1 aromatic heterocycles. The van der Waals surface area contributed by atoms with Gasteiger partial charge >= 0.3 is 5.97 Å². The fraction of sp³-hybridized carbons (Fsp3) is 0.333. The lowest BCUT2D eigenvalue weighted by molar-refractivity contribution is 0.0156. The predicted molar refractivity (Wildman–Crippen MR) is 77.2 cm³/mol. The maximum Gasteiger partial charge on any atom is 0.358 e. The van der Waals surface area contributed by atoms with Gasteiger partial charge in [-0.1, -0.05) is 0 Å². The van der Waals surface area contributed by atoms with Crippen molar-refractivity contribution in [1.82, 2.24) is 9.78 Å². The molecule has 110 valence electrons. The Morgan fingerprint density at radius 1 is 1.38 bits per heavy atom. The quantitative estimate of drug-likeness (QED) is 0.685. The Morgan fingerprint density at radius 3 is 2.90 bits per heavy atom. The molecule has 2 aromatic rings. The minimum atomic E-state index is -0.431. The number of nitrogens with two attached hydrogens (primary N) is 1. The van der Waals surface area contributed by atoms with Crippen molar-refractivity contribution in [2.75, 3.05) is 18.9 Å². The van der Waals surface area contributed by atoms with Gasteiger partial charge < -0.3 is 15.2 Å². The molecule has 0 bridgehead atoms. The number of aromatic nitrogens is 2. The summed E-state index contributed by atoms with van der Waals surface area (Å²) >= 11 is 0. The van der Waals surface area contributed by atoms with Gasteiger partial charge in [-0.15, -0.1) is 0 Å². The van der Waals surface area contributed by atoms with Crippen molar-refractivity contribution < 1.29 is 14.3 Å². The molecule has 0 spiro atoms. The topological polar surface area (TPSA) is 79.4 Å². The van der Waals surface area contributed by atoms with Gasteiger partial charge in [0, 0.05) is 18.5 Å². The molecule has 0 radical (unpaired) electrons. The first-order chi connectivity index (χ1) is 10.2. The number of anilines is 1. The molecule has 2 N–H and O–H groups in total. The zero-order valence-electron chi connectivity index (χ0n) is 11.6. The summed E-state index contributed by atoms with van der Waals surface area (Å²) in [6.07, 6.45) is 3.70. The summed E-state index contributed by atoms with van der Waals surface area (Å²) in [6, 6.07) is 8.88. The normalized spacial score (nSPS) is 17.8. The predicted octanol–water partition coefficient (Wildman–Crippen LogP) is 1.79. The first-order valence-electron chi connectivity index (χ1n) is 6.93. The number of esters is 1. The van der Waals surface area contributed by atoms with Crippen LogP contribution in [0.25, 0.3) is 5.69 Å². The largest absolute Gasteiger partial charge is 0.458 e. The summed E-state index contributed by atoms with van der Waals surface area (Å²) in [5, 5.41) is 4.22. The molecule has 1 aliphatic rings. The molecule has 2 heterocycles. The van der Waals surface area contributed by atoms with Gasteiger partial charge in [0.15, 0.2) is 5.69 Å². The van der Waals surface area contributed by atoms with Gasteiger partial charge in [0.2, 0.25) is 0 Å². The minimum Gasteiger partial charge on any atom is -0.458 e. The number of carbonyl (C=O) groups excluding carboxylic acids is 1. The van der Waals surface area contributed by atoms with Crippen LogP contribution in [0.2, 0.25) is 0 Å². The van der Waals surface area contributed by atoms with E-state index in [1.165, 1.54) is 0 Å². The summed E-state index contributed by atoms with van der Waals surface area (Å²) in [5.41, 5.74) is 7.44. The highest BCUT2D eigenvalue weighted by Gasteiger charge is 2.19. The fourth-order valence-corrected chi connectivity index (χ4v) is 2.22. The molecular weight excluding hydrogens is 270 g/mol.